The lowest BCUT2D eigenvalue weighted by Crippen LogP contribution is -2.33. The molecule has 2 aromatic rings. The van der Waals surface area contributed by atoms with E-state index in [-0.39, 0.29) is 28.3 Å². The molecule has 1 heterocycles. The van der Waals surface area contributed by atoms with E-state index in [0.717, 1.165) is 12.1 Å². The highest BCUT2D eigenvalue weighted by Crippen LogP contribution is 2.48. The van der Waals surface area contributed by atoms with E-state index < -0.39 is 30.2 Å². The van der Waals surface area contributed by atoms with Gasteiger partial charge in [-0.25, -0.2) is 0 Å². The minimum atomic E-state index is -4.52. The van der Waals surface area contributed by atoms with Gasteiger partial charge in [0.1, 0.15) is 23.2 Å². The molecule has 0 saturated carbocycles. The van der Waals surface area contributed by atoms with Crippen LogP contribution >= 0.6 is 0 Å². The zero-order valence-electron chi connectivity index (χ0n) is 20.1. The molecule has 37 heavy (non-hydrogen) atoms. The highest BCUT2D eigenvalue weighted by atomic mass is 19.4. The van der Waals surface area contributed by atoms with Gasteiger partial charge in [0.25, 0.3) is 5.91 Å². The van der Waals surface area contributed by atoms with Gasteiger partial charge in [0.15, 0.2) is 12.4 Å². The van der Waals surface area contributed by atoms with E-state index in [1.807, 2.05) is 13.8 Å². The van der Waals surface area contributed by atoms with Crippen LogP contribution < -0.4 is 15.8 Å². The Morgan fingerprint density at radius 2 is 1.92 bits per heavy atom. The van der Waals surface area contributed by atoms with Crippen molar-refractivity contribution in [2.24, 2.45) is 11.1 Å². The monoisotopic (exact) mass is 511 g/mol. The number of ketones is 1. The Morgan fingerprint density at radius 3 is 2.57 bits per heavy atom. The summed E-state index contributed by atoms with van der Waals surface area (Å²) in [5.74, 6) is -0.687. The standard InChI is InChI=1S/C27H24F3N3O4/c1-26(2)11-20(34)24-21(12-26)37-25(32)19(13-31)23(24)15-6-8-18(9-7-15)36-14-22(35)33-17-5-3-4-16(10-17)27(28,29)30/h3-10,23H,11-12,14,32H2,1-2H3,(H,33,35)/t23-/m1/s1. The van der Waals surface area contributed by atoms with Crippen LogP contribution in [0.4, 0.5) is 18.9 Å². The van der Waals surface area contributed by atoms with E-state index >= 15 is 0 Å². The van der Waals surface area contributed by atoms with Gasteiger partial charge in [-0.2, -0.15) is 18.4 Å². The van der Waals surface area contributed by atoms with Crippen LogP contribution in [0.25, 0.3) is 0 Å². The molecule has 1 amide bonds. The van der Waals surface area contributed by atoms with Gasteiger partial charge in [-0.1, -0.05) is 32.0 Å². The van der Waals surface area contributed by atoms with E-state index in [9.17, 15) is 28.0 Å². The molecule has 7 nitrogen and oxygen atoms in total. The molecule has 192 valence electrons. The van der Waals surface area contributed by atoms with Crippen molar-refractivity contribution >= 4 is 17.4 Å². The SMILES string of the molecule is CC1(C)CC(=O)C2=C(C1)OC(N)=C(C#N)[C@H]2c1ccc(OCC(=O)Nc2cccc(C(F)(F)F)c2)cc1. The number of carbonyl (C=O) groups excluding carboxylic acids is 2. The van der Waals surface area contributed by atoms with Crippen molar-refractivity contribution < 1.29 is 32.2 Å². The molecule has 0 fully saturated rings. The number of Topliss-reactive ketones (excluding diaryl/α,β-unsaturated/α-hetero) is 1. The summed E-state index contributed by atoms with van der Waals surface area (Å²) in [6.45, 7) is 3.48. The second kappa shape index (κ2) is 9.65. The van der Waals surface area contributed by atoms with Crippen molar-refractivity contribution in [2.45, 2.75) is 38.8 Å². The first-order valence-electron chi connectivity index (χ1n) is 11.4. The summed E-state index contributed by atoms with van der Waals surface area (Å²) in [6.07, 6.45) is -3.71. The minimum Gasteiger partial charge on any atom is -0.484 e. The van der Waals surface area contributed by atoms with Gasteiger partial charge in [0.05, 0.1) is 11.5 Å². The maximum absolute atomic E-state index is 13.0. The smallest absolute Gasteiger partial charge is 0.416 e. The first-order valence-corrected chi connectivity index (χ1v) is 11.4. The molecule has 0 saturated heterocycles. The first kappa shape index (κ1) is 25.8. The third kappa shape index (κ3) is 5.61. The Kier molecular flexibility index (Phi) is 6.74. The molecule has 1 atom stereocenters. The van der Waals surface area contributed by atoms with Gasteiger partial charge in [-0.05, 0) is 41.3 Å². The molecule has 0 unspecified atom stereocenters. The van der Waals surface area contributed by atoms with Crippen molar-refractivity contribution in [3.63, 3.8) is 0 Å². The summed E-state index contributed by atoms with van der Waals surface area (Å²) in [5, 5.41) is 12.1. The quantitative estimate of drug-likeness (QED) is 0.572. The average Bonchev–Trinajstić information content (AvgIpc) is 2.81. The molecule has 3 N–H and O–H groups in total. The molecule has 2 aromatic carbocycles. The number of amides is 1. The van der Waals surface area contributed by atoms with E-state index in [2.05, 4.69) is 11.4 Å². The molecule has 0 aromatic heterocycles. The highest BCUT2D eigenvalue weighted by Gasteiger charge is 2.43. The summed E-state index contributed by atoms with van der Waals surface area (Å²) in [7, 11) is 0. The highest BCUT2D eigenvalue weighted by molar-refractivity contribution is 6.00. The summed E-state index contributed by atoms with van der Waals surface area (Å²) in [6, 6.07) is 12.8. The fourth-order valence-corrected chi connectivity index (χ4v) is 4.49. The Balaban J connectivity index is 1.48. The van der Waals surface area contributed by atoms with Crippen LogP contribution in [-0.4, -0.2) is 18.3 Å². The molecule has 2 aliphatic rings. The number of anilines is 1. The molecule has 0 bridgehead atoms. The van der Waals surface area contributed by atoms with Crippen LogP contribution in [0.2, 0.25) is 0 Å². The van der Waals surface area contributed by atoms with Crippen LogP contribution in [0.1, 0.15) is 43.7 Å². The molecular weight excluding hydrogens is 487 g/mol. The predicted molar refractivity (Wildman–Crippen MR) is 128 cm³/mol. The van der Waals surface area contributed by atoms with E-state index in [0.29, 0.717) is 35.5 Å². The molecular formula is C27H24F3N3O4. The van der Waals surface area contributed by atoms with Crippen LogP contribution in [0, 0.1) is 16.7 Å². The normalized spacial score (nSPS) is 19.0. The van der Waals surface area contributed by atoms with Gasteiger partial charge < -0.3 is 20.5 Å². The topological polar surface area (TPSA) is 114 Å². The average molecular weight is 512 g/mol. The summed E-state index contributed by atoms with van der Waals surface area (Å²) >= 11 is 0. The fraction of sp³-hybridized carbons (Fsp3) is 0.296. The van der Waals surface area contributed by atoms with Crippen molar-refractivity contribution in [1.29, 1.82) is 5.26 Å². The molecule has 0 radical (unpaired) electrons. The van der Waals surface area contributed by atoms with Gasteiger partial charge in [0, 0.05) is 24.1 Å². The van der Waals surface area contributed by atoms with Crippen molar-refractivity contribution in [3.05, 3.63) is 82.4 Å². The number of alkyl halides is 3. The molecule has 1 aliphatic carbocycles. The Hall–Kier alpha value is -4.26. The zero-order chi connectivity index (χ0) is 27.0. The summed E-state index contributed by atoms with van der Waals surface area (Å²) in [4.78, 5) is 25.2. The van der Waals surface area contributed by atoms with Crippen LogP contribution in [0.15, 0.2) is 71.3 Å². The number of allylic oxidation sites excluding steroid dienone is 3. The molecule has 0 spiro atoms. The maximum atomic E-state index is 13.0. The Morgan fingerprint density at radius 1 is 1.22 bits per heavy atom. The van der Waals surface area contributed by atoms with Crippen LogP contribution in [-0.2, 0) is 20.5 Å². The van der Waals surface area contributed by atoms with E-state index in [1.54, 1.807) is 24.3 Å². The van der Waals surface area contributed by atoms with Crippen LogP contribution in [0.3, 0.4) is 0 Å². The molecule has 1 aliphatic heterocycles. The van der Waals surface area contributed by atoms with Gasteiger partial charge in [-0.3, -0.25) is 9.59 Å². The van der Waals surface area contributed by atoms with E-state index in [1.165, 1.54) is 12.1 Å². The number of carbonyl (C=O) groups is 2. The fourth-order valence-electron chi connectivity index (χ4n) is 4.49. The number of nitrogens with zero attached hydrogens (tertiary/aromatic N) is 1. The van der Waals surface area contributed by atoms with Crippen LogP contribution in [0.5, 0.6) is 5.75 Å². The van der Waals surface area contributed by atoms with Gasteiger partial charge in [-0.15, -0.1) is 0 Å². The van der Waals surface area contributed by atoms with Crippen molar-refractivity contribution in [3.8, 4) is 11.8 Å². The number of halogens is 3. The van der Waals surface area contributed by atoms with Gasteiger partial charge in [0.2, 0.25) is 5.88 Å². The maximum Gasteiger partial charge on any atom is 0.416 e. The third-order valence-corrected chi connectivity index (χ3v) is 6.13. The zero-order valence-corrected chi connectivity index (χ0v) is 20.1. The number of nitrogens with one attached hydrogen (secondary N) is 1. The molecule has 4 rings (SSSR count). The second-order valence-electron chi connectivity index (χ2n) is 9.69. The summed E-state index contributed by atoms with van der Waals surface area (Å²) < 4.78 is 49.7. The number of benzene rings is 2. The second-order valence-corrected chi connectivity index (χ2v) is 9.69. The number of hydrogen-bond acceptors (Lipinski definition) is 6. The molecule has 10 heteroatoms. The number of ether oxygens (including phenoxy) is 2. The number of nitrogens with two attached hydrogens (primary N) is 1. The largest absolute Gasteiger partial charge is 0.484 e. The number of rotatable bonds is 5. The Bertz CT molecular complexity index is 1350. The minimum absolute atomic E-state index is 0.00361. The predicted octanol–water partition coefficient (Wildman–Crippen LogP) is 5.17. The van der Waals surface area contributed by atoms with E-state index in [4.69, 9.17) is 15.2 Å². The first-order chi connectivity index (χ1) is 17.4. The lowest BCUT2D eigenvalue weighted by molar-refractivity contribution is -0.137. The Labute approximate surface area is 211 Å². The van der Waals surface area contributed by atoms with Crippen molar-refractivity contribution in [1.82, 2.24) is 0 Å². The summed E-state index contributed by atoms with van der Waals surface area (Å²) in [5.41, 5.74) is 6.03. The third-order valence-electron chi connectivity index (χ3n) is 6.13. The number of hydrogen-bond donors (Lipinski definition) is 2. The number of nitriles is 1. The lowest BCUT2D eigenvalue weighted by Gasteiger charge is -2.37. The lowest BCUT2D eigenvalue weighted by atomic mass is 9.70. The van der Waals surface area contributed by atoms with Crippen molar-refractivity contribution in [2.75, 3.05) is 11.9 Å². The van der Waals surface area contributed by atoms with Gasteiger partial charge >= 0.3 is 6.18 Å².